The van der Waals surface area contributed by atoms with E-state index in [9.17, 15) is 9.18 Å². The first-order chi connectivity index (χ1) is 13.6. The first-order valence-corrected chi connectivity index (χ1v) is 9.75. The lowest BCUT2D eigenvalue weighted by atomic mass is 10.0. The van der Waals surface area contributed by atoms with E-state index in [0.717, 1.165) is 49.7 Å². The third-order valence-corrected chi connectivity index (χ3v) is 5.31. The molecule has 1 fully saturated rings. The second kappa shape index (κ2) is 8.57. The van der Waals surface area contributed by atoms with Crippen molar-refractivity contribution in [3.63, 3.8) is 0 Å². The Kier molecular flexibility index (Phi) is 5.92. The number of amides is 1. The summed E-state index contributed by atoms with van der Waals surface area (Å²) in [7, 11) is 0. The van der Waals surface area contributed by atoms with Crippen LogP contribution >= 0.6 is 11.6 Å². The highest BCUT2D eigenvalue weighted by atomic mass is 35.5. The van der Waals surface area contributed by atoms with Crippen molar-refractivity contribution in [1.29, 1.82) is 0 Å². The van der Waals surface area contributed by atoms with Gasteiger partial charge >= 0.3 is 0 Å². The predicted molar refractivity (Wildman–Crippen MR) is 106 cm³/mol. The van der Waals surface area contributed by atoms with Crippen molar-refractivity contribution < 1.29 is 18.7 Å². The number of morpholine rings is 1. The number of ether oxygens (including phenoxy) is 2. The standard InChI is InChI=1S/C21H22ClFN2O3/c22-18-10-16(11-19(23)12-18)15-1-2-20-17(9-15)13-28-14-21(26)25(20)4-3-24-5-7-27-8-6-24/h1-2,9-12H,3-8,13-14H2. The minimum absolute atomic E-state index is 0.0476. The zero-order chi connectivity index (χ0) is 19.5. The van der Waals surface area contributed by atoms with Gasteiger partial charge in [0.05, 0.1) is 19.8 Å². The number of hydrogen-bond acceptors (Lipinski definition) is 4. The lowest BCUT2D eigenvalue weighted by Gasteiger charge is -2.30. The number of fused-ring (bicyclic) bond motifs is 1. The van der Waals surface area contributed by atoms with E-state index in [2.05, 4.69) is 4.90 Å². The minimum atomic E-state index is -0.379. The molecule has 7 heteroatoms. The molecule has 5 nitrogen and oxygen atoms in total. The smallest absolute Gasteiger partial charge is 0.253 e. The molecular formula is C21H22ClFN2O3. The maximum Gasteiger partial charge on any atom is 0.253 e. The van der Waals surface area contributed by atoms with E-state index < -0.39 is 0 Å². The van der Waals surface area contributed by atoms with Gasteiger partial charge in [0.1, 0.15) is 12.4 Å². The highest BCUT2D eigenvalue weighted by molar-refractivity contribution is 6.30. The molecule has 0 spiro atoms. The zero-order valence-electron chi connectivity index (χ0n) is 15.5. The summed E-state index contributed by atoms with van der Waals surface area (Å²) in [6, 6.07) is 10.2. The Labute approximate surface area is 168 Å². The lowest BCUT2D eigenvalue weighted by molar-refractivity contribution is -0.123. The molecule has 0 unspecified atom stereocenters. The SMILES string of the molecule is O=C1COCc2cc(-c3cc(F)cc(Cl)c3)ccc2N1CCN1CCOCC1. The first-order valence-electron chi connectivity index (χ1n) is 9.38. The number of anilines is 1. The van der Waals surface area contributed by atoms with Crippen molar-refractivity contribution >= 4 is 23.2 Å². The van der Waals surface area contributed by atoms with Crippen molar-refractivity contribution in [3.8, 4) is 11.1 Å². The Morgan fingerprint density at radius 2 is 1.79 bits per heavy atom. The fourth-order valence-corrected chi connectivity index (χ4v) is 3.86. The topological polar surface area (TPSA) is 42.0 Å². The molecular weight excluding hydrogens is 383 g/mol. The molecule has 2 aromatic rings. The Balaban J connectivity index is 1.59. The maximum atomic E-state index is 13.7. The molecule has 0 N–H and O–H groups in total. The number of carbonyl (C=O) groups is 1. The highest BCUT2D eigenvalue weighted by Crippen LogP contribution is 2.31. The third-order valence-electron chi connectivity index (χ3n) is 5.09. The van der Waals surface area contributed by atoms with Crippen molar-refractivity contribution in [2.45, 2.75) is 6.61 Å². The predicted octanol–water partition coefficient (Wildman–Crippen LogP) is 3.34. The summed E-state index contributed by atoms with van der Waals surface area (Å²) < 4.78 is 24.7. The molecule has 28 heavy (non-hydrogen) atoms. The van der Waals surface area contributed by atoms with E-state index in [0.29, 0.717) is 23.7 Å². The van der Waals surface area contributed by atoms with Gasteiger partial charge in [-0.05, 0) is 41.5 Å². The molecule has 2 aromatic carbocycles. The highest BCUT2D eigenvalue weighted by Gasteiger charge is 2.24. The van der Waals surface area contributed by atoms with Crippen LogP contribution in [0.2, 0.25) is 5.02 Å². The molecule has 0 aliphatic carbocycles. The monoisotopic (exact) mass is 404 g/mol. The number of benzene rings is 2. The van der Waals surface area contributed by atoms with Crippen LogP contribution < -0.4 is 4.90 Å². The van der Waals surface area contributed by atoms with Gasteiger partial charge in [-0.25, -0.2) is 4.39 Å². The summed E-state index contributed by atoms with van der Waals surface area (Å²) in [6.45, 7) is 5.00. The minimum Gasteiger partial charge on any atom is -0.379 e. The number of hydrogen-bond donors (Lipinski definition) is 0. The van der Waals surface area contributed by atoms with Gasteiger partial charge in [-0.3, -0.25) is 9.69 Å². The molecule has 1 saturated heterocycles. The van der Waals surface area contributed by atoms with Crippen molar-refractivity contribution in [2.24, 2.45) is 0 Å². The van der Waals surface area contributed by atoms with Crippen LogP contribution in [0.4, 0.5) is 10.1 Å². The van der Waals surface area contributed by atoms with E-state index in [1.54, 1.807) is 11.0 Å². The Morgan fingerprint density at radius 1 is 0.964 bits per heavy atom. The second-order valence-corrected chi connectivity index (χ2v) is 7.43. The fourth-order valence-electron chi connectivity index (χ4n) is 3.64. The largest absolute Gasteiger partial charge is 0.379 e. The second-order valence-electron chi connectivity index (χ2n) is 6.99. The summed E-state index contributed by atoms with van der Waals surface area (Å²) in [5.74, 6) is -0.426. The Morgan fingerprint density at radius 3 is 2.57 bits per heavy atom. The molecule has 4 rings (SSSR count). The molecule has 0 bridgehead atoms. The van der Waals surface area contributed by atoms with Gasteiger partial charge in [0.2, 0.25) is 0 Å². The van der Waals surface area contributed by atoms with E-state index in [4.69, 9.17) is 21.1 Å². The zero-order valence-corrected chi connectivity index (χ0v) is 16.3. The number of rotatable bonds is 4. The van der Waals surface area contributed by atoms with Crippen molar-refractivity contribution in [3.05, 3.63) is 52.8 Å². The first kappa shape index (κ1) is 19.3. The summed E-state index contributed by atoms with van der Waals surface area (Å²) in [5.41, 5.74) is 3.29. The molecule has 0 aromatic heterocycles. The molecule has 0 radical (unpaired) electrons. The van der Waals surface area contributed by atoms with Gasteiger partial charge in [-0.2, -0.15) is 0 Å². The average Bonchev–Trinajstić information content (AvgIpc) is 2.84. The van der Waals surface area contributed by atoms with Gasteiger partial charge in [-0.1, -0.05) is 17.7 Å². The van der Waals surface area contributed by atoms with Crippen molar-refractivity contribution in [1.82, 2.24) is 4.90 Å². The average molecular weight is 405 g/mol. The van der Waals surface area contributed by atoms with E-state index in [1.165, 1.54) is 12.1 Å². The maximum absolute atomic E-state index is 13.7. The van der Waals surface area contributed by atoms with Gasteiger partial charge in [0.15, 0.2) is 0 Å². The summed E-state index contributed by atoms with van der Waals surface area (Å²) >= 11 is 6.00. The van der Waals surface area contributed by atoms with Gasteiger partial charge in [-0.15, -0.1) is 0 Å². The van der Waals surface area contributed by atoms with E-state index >= 15 is 0 Å². The quantitative estimate of drug-likeness (QED) is 0.783. The van der Waals surface area contributed by atoms with Crippen LogP contribution in [-0.4, -0.2) is 56.8 Å². The molecule has 2 heterocycles. The summed E-state index contributed by atoms with van der Waals surface area (Å²) in [4.78, 5) is 16.7. The lowest BCUT2D eigenvalue weighted by Crippen LogP contribution is -2.43. The van der Waals surface area contributed by atoms with Crippen LogP contribution in [0.3, 0.4) is 0 Å². The molecule has 0 atom stereocenters. The summed E-state index contributed by atoms with van der Waals surface area (Å²) in [5, 5.41) is 0.350. The Hall–Kier alpha value is -1.99. The number of nitrogens with zero attached hydrogens (tertiary/aromatic N) is 2. The number of halogens is 2. The molecule has 1 amide bonds. The van der Waals surface area contributed by atoms with E-state index in [-0.39, 0.29) is 18.3 Å². The van der Waals surface area contributed by atoms with E-state index in [1.807, 2.05) is 18.2 Å². The third kappa shape index (κ3) is 4.36. The molecule has 2 aliphatic rings. The van der Waals surface area contributed by atoms with Crippen LogP contribution in [0, 0.1) is 5.82 Å². The van der Waals surface area contributed by atoms with Crippen LogP contribution in [-0.2, 0) is 20.9 Å². The van der Waals surface area contributed by atoms with Crippen LogP contribution in [0.15, 0.2) is 36.4 Å². The van der Waals surface area contributed by atoms with Gasteiger partial charge < -0.3 is 14.4 Å². The normalized spacial score (nSPS) is 18.1. The van der Waals surface area contributed by atoms with Gasteiger partial charge in [0, 0.05) is 42.5 Å². The number of carbonyl (C=O) groups excluding carboxylic acids is 1. The Bertz CT molecular complexity index is 850. The fraction of sp³-hybridized carbons (Fsp3) is 0.381. The molecule has 2 aliphatic heterocycles. The van der Waals surface area contributed by atoms with Crippen LogP contribution in [0.5, 0.6) is 0 Å². The molecule has 0 saturated carbocycles. The van der Waals surface area contributed by atoms with Crippen LogP contribution in [0.1, 0.15) is 5.56 Å². The van der Waals surface area contributed by atoms with Gasteiger partial charge in [0.25, 0.3) is 5.91 Å². The molecule has 148 valence electrons. The van der Waals surface area contributed by atoms with Crippen molar-refractivity contribution in [2.75, 3.05) is 50.9 Å². The van der Waals surface area contributed by atoms with Crippen LogP contribution in [0.25, 0.3) is 11.1 Å². The summed E-state index contributed by atoms with van der Waals surface area (Å²) in [6.07, 6.45) is 0.